The first-order valence-electron chi connectivity index (χ1n) is 9.49. The topological polar surface area (TPSA) is 107 Å². The van der Waals surface area contributed by atoms with Gasteiger partial charge in [-0.1, -0.05) is 12.1 Å². The minimum atomic E-state index is -1.12. The minimum absolute atomic E-state index is 0.0190. The Labute approximate surface area is 164 Å². The molecule has 0 radical (unpaired) electrons. The molecule has 0 amide bonds. The van der Waals surface area contributed by atoms with Crippen LogP contribution in [0.25, 0.3) is 0 Å². The van der Waals surface area contributed by atoms with Crippen LogP contribution < -0.4 is 4.65 Å². The quantitative estimate of drug-likeness (QED) is 0.509. The van der Waals surface area contributed by atoms with Crippen molar-refractivity contribution in [3.63, 3.8) is 0 Å². The lowest BCUT2D eigenvalue weighted by Gasteiger charge is -2.34. The first-order chi connectivity index (χ1) is 13.3. The van der Waals surface area contributed by atoms with Crippen LogP contribution >= 0.6 is 0 Å². The summed E-state index contributed by atoms with van der Waals surface area (Å²) in [6.45, 7) is 4.30. The highest BCUT2D eigenvalue weighted by atomic mass is 16.5. The normalized spacial score (nSPS) is 20.4. The molecule has 1 atom stereocenters. The van der Waals surface area contributed by atoms with E-state index in [4.69, 9.17) is 9.76 Å². The maximum atomic E-state index is 12.5. The monoisotopic (exact) mass is 388 g/mol. The predicted molar refractivity (Wildman–Crippen MR) is 103 cm³/mol. The summed E-state index contributed by atoms with van der Waals surface area (Å²) >= 11 is 0. The number of para-hydroxylation sites is 1. The number of carbonyl (C=O) groups excluding carboxylic acids is 2. The van der Waals surface area contributed by atoms with Crippen LogP contribution in [0.3, 0.4) is 0 Å². The number of ketones is 2. The van der Waals surface area contributed by atoms with Crippen molar-refractivity contribution in [1.82, 2.24) is 9.80 Å². The van der Waals surface area contributed by atoms with Crippen molar-refractivity contribution in [3.05, 3.63) is 29.3 Å². The van der Waals surface area contributed by atoms with Crippen molar-refractivity contribution in [2.75, 3.05) is 39.3 Å². The highest BCUT2D eigenvalue weighted by Crippen LogP contribution is 2.36. The number of nitrogens with zero attached hydrogens (tertiary/aromatic N) is 2. The van der Waals surface area contributed by atoms with E-state index >= 15 is 0 Å². The van der Waals surface area contributed by atoms with Crippen LogP contribution in [0.5, 0.6) is 5.75 Å². The number of hydrogen-bond acceptors (Lipinski definition) is 7. The second-order valence-electron chi connectivity index (χ2n) is 7.51. The Balaban J connectivity index is 1.53. The number of hydrogen-bond donors (Lipinski definition) is 2. The molecule has 150 valence electrons. The third-order valence-electron chi connectivity index (χ3n) is 5.31. The van der Waals surface area contributed by atoms with Gasteiger partial charge in [0.15, 0.2) is 5.78 Å². The lowest BCUT2D eigenvalue weighted by atomic mass is 9.64. The SMILES string of the molecule is CC(=O)c1cccc2c1OB(O)[C@@H](CC(=O)CN1CCN(CC(=O)O)CC1)C2. The molecule has 1 saturated heterocycles. The number of piperazine rings is 1. The molecule has 1 fully saturated rings. The minimum Gasteiger partial charge on any atom is -0.535 e. The molecule has 0 bridgehead atoms. The molecule has 2 aliphatic heterocycles. The van der Waals surface area contributed by atoms with Crippen LogP contribution in [0.1, 0.15) is 29.3 Å². The molecule has 8 nitrogen and oxygen atoms in total. The Morgan fingerprint density at radius 2 is 1.79 bits per heavy atom. The average Bonchev–Trinajstić information content (AvgIpc) is 2.63. The Kier molecular flexibility index (Phi) is 6.48. The molecular weight excluding hydrogens is 363 g/mol. The third-order valence-corrected chi connectivity index (χ3v) is 5.31. The summed E-state index contributed by atoms with van der Waals surface area (Å²) < 4.78 is 5.59. The van der Waals surface area contributed by atoms with Crippen molar-refractivity contribution < 1.29 is 29.2 Å². The molecule has 2 aliphatic rings. The molecule has 1 aromatic rings. The van der Waals surface area contributed by atoms with Gasteiger partial charge < -0.3 is 14.8 Å². The first kappa shape index (κ1) is 20.5. The molecule has 2 N–H and O–H groups in total. The van der Waals surface area contributed by atoms with Gasteiger partial charge in [-0.25, -0.2) is 0 Å². The van der Waals surface area contributed by atoms with Crippen LogP contribution in [-0.4, -0.2) is 83.9 Å². The van der Waals surface area contributed by atoms with E-state index in [1.807, 2.05) is 15.9 Å². The fraction of sp³-hybridized carbons (Fsp3) is 0.526. The van der Waals surface area contributed by atoms with Crippen LogP contribution in [0.4, 0.5) is 0 Å². The maximum Gasteiger partial charge on any atom is 0.526 e. The van der Waals surface area contributed by atoms with E-state index in [-0.39, 0.29) is 36.9 Å². The van der Waals surface area contributed by atoms with Gasteiger partial charge in [0.05, 0.1) is 18.7 Å². The molecule has 0 aromatic heterocycles. The number of carbonyl (C=O) groups is 3. The van der Waals surface area contributed by atoms with E-state index in [1.165, 1.54) is 6.92 Å². The van der Waals surface area contributed by atoms with Gasteiger partial charge in [0.1, 0.15) is 11.5 Å². The standard InChI is InChI=1S/C19H25BN2O6/c1-13(23)17-4-2-3-14-9-15(20(27)28-19(14)17)10-16(24)11-21-5-7-22(8-6-21)12-18(25)26/h2-4,15,27H,5-12H2,1H3,(H,25,26)/t15-/m1/s1. The van der Waals surface area contributed by atoms with Gasteiger partial charge in [0, 0.05) is 38.4 Å². The molecule has 0 unspecified atom stereocenters. The van der Waals surface area contributed by atoms with Crippen molar-refractivity contribution in [3.8, 4) is 5.75 Å². The number of aliphatic carboxylic acids is 1. The summed E-state index contributed by atoms with van der Waals surface area (Å²) in [4.78, 5) is 38.9. The summed E-state index contributed by atoms with van der Waals surface area (Å²) in [5.41, 5.74) is 1.28. The summed E-state index contributed by atoms with van der Waals surface area (Å²) in [5.74, 6) is -0.883. The van der Waals surface area contributed by atoms with Crippen molar-refractivity contribution in [2.24, 2.45) is 0 Å². The highest BCUT2D eigenvalue weighted by molar-refractivity contribution is 6.47. The number of benzene rings is 1. The van der Waals surface area contributed by atoms with Gasteiger partial charge in [-0.15, -0.1) is 0 Å². The Morgan fingerprint density at radius 1 is 1.14 bits per heavy atom. The van der Waals surface area contributed by atoms with E-state index in [2.05, 4.69) is 0 Å². The molecule has 0 aliphatic carbocycles. The largest absolute Gasteiger partial charge is 0.535 e. The summed E-state index contributed by atoms with van der Waals surface area (Å²) in [6.07, 6.45) is 0.677. The van der Waals surface area contributed by atoms with E-state index in [9.17, 15) is 19.4 Å². The lowest BCUT2D eigenvalue weighted by Crippen LogP contribution is -2.49. The molecule has 0 saturated carbocycles. The highest BCUT2D eigenvalue weighted by Gasteiger charge is 2.37. The molecular formula is C19H25BN2O6. The van der Waals surface area contributed by atoms with E-state index < -0.39 is 13.1 Å². The van der Waals surface area contributed by atoms with E-state index in [1.54, 1.807) is 12.1 Å². The molecule has 1 aromatic carbocycles. The second kappa shape index (κ2) is 8.85. The Bertz CT molecular complexity index is 763. The molecule has 28 heavy (non-hydrogen) atoms. The van der Waals surface area contributed by atoms with Gasteiger partial charge >= 0.3 is 13.1 Å². The molecule has 3 rings (SSSR count). The second-order valence-corrected chi connectivity index (χ2v) is 7.51. The van der Waals surface area contributed by atoms with E-state index in [0.29, 0.717) is 43.9 Å². The summed E-state index contributed by atoms with van der Waals surface area (Å²) in [6, 6.07) is 5.31. The van der Waals surface area contributed by atoms with E-state index in [0.717, 1.165) is 5.56 Å². The smallest absolute Gasteiger partial charge is 0.526 e. The Hall–Kier alpha value is -2.23. The number of fused-ring (bicyclic) bond motifs is 1. The fourth-order valence-electron chi connectivity index (χ4n) is 3.84. The van der Waals surface area contributed by atoms with Crippen molar-refractivity contribution in [1.29, 1.82) is 0 Å². The fourth-order valence-corrected chi connectivity index (χ4v) is 3.84. The molecule has 0 spiro atoms. The summed E-state index contributed by atoms with van der Waals surface area (Å²) in [7, 11) is -1.12. The van der Waals surface area contributed by atoms with Crippen molar-refractivity contribution >= 4 is 24.7 Å². The number of carboxylic acids is 1. The van der Waals surface area contributed by atoms with Crippen LogP contribution in [0.2, 0.25) is 5.82 Å². The van der Waals surface area contributed by atoms with Crippen LogP contribution in [0.15, 0.2) is 18.2 Å². The number of Topliss-reactive ketones (excluding diaryl/α,β-unsaturated/α-hetero) is 2. The maximum absolute atomic E-state index is 12.5. The van der Waals surface area contributed by atoms with Gasteiger partial charge in [-0.2, -0.15) is 0 Å². The number of rotatable bonds is 7. The van der Waals surface area contributed by atoms with Gasteiger partial charge in [-0.3, -0.25) is 24.2 Å². The zero-order chi connectivity index (χ0) is 20.3. The lowest BCUT2D eigenvalue weighted by molar-refractivity contribution is -0.139. The first-order valence-corrected chi connectivity index (χ1v) is 9.49. The zero-order valence-corrected chi connectivity index (χ0v) is 16.0. The average molecular weight is 388 g/mol. The van der Waals surface area contributed by atoms with Gasteiger partial charge in [-0.05, 0) is 25.0 Å². The molecule has 9 heteroatoms. The predicted octanol–water partition coefficient (Wildman–Crippen LogP) is 0.336. The van der Waals surface area contributed by atoms with Crippen molar-refractivity contribution in [2.45, 2.75) is 25.6 Å². The van der Waals surface area contributed by atoms with Crippen LogP contribution in [0, 0.1) is 0 Å². The van der Waals surface area contributed by atoms with Gasteiger partial charge in [0.2, 0.25) is 0 Å². The zero-order valence-electron chi connectivity index (χ0n) is 16.0. The summed E-state index contributed by atoms with van der Waals surface area (Å²) in [5, 5.41) is 19.2. The molecule has 2 heterocycles. The van der Waals surface area contributed by atoms with Crippen LogP contribution in [-0.2, 0) is 16.0 Å². The third kappa shape index (κ3) is 4.98. The van der Waals surface area contributed by atoms with Gasteiger partial charge in [0.25, 0.3) is 0 Å². The number of carboxylic acid groups (broad SMARTS) is 1. The Morgan fingerprint density at radius 3 is 2.39 bits per heavy atom.